The molecule has 0 saturated heterocycles. The lowest BCUT2D eigenvalue weighted by molar-refractivity contribution is 0.172. The average molecular weight is 192 g/mol. The van der Waals surface area contributed by atoms with E-state index in [1.165, 1.54) is 0 Å². The van der Waals surface area contributed by atoms with Crippen molar-refractivity contribution in [1.29, 1.82) is 5.26 Å². The lowest BCUT2D eigenvalue weighted by atomic mass is 10.3. The standard InChI is InChI=1S/C10H12N2O2/c1-13-5-2-6-14-10-8-12-4-3-9(10)7-11/h3-4,8H,2,5-6H2,1H3. The van der Waals surface area contributed by atoms with E-state index in [2.05, 4.69) is 4.98 Å². The fourth-order valence-corrected chi connectivity index (χ4v) is 0.973. The first-order chi connectivity index (χ1) is 6.88. The van der Waals surface area contributed by atoms with E-state index in [0.717, 1.165) is 6.42 Å². The Labute approximate surface area is 83.1 Å². The maximum Gasteiger partial charge on any atom is 0.155 e. The Kier molecular flexibility index (Phi) is 4.45. The van der Waals surface area contributed by atoms with Gasteiger partial charge < -0.3 is 9.47 Å². The van der Waals surface area contributed by atoms with Gasteiger partial charge in [-0.3, -0.25) is 4.98 Å². The summed E-state index contributed by atoms with van der Waals surface area (Å²) in [6, 6.07) is 3.67. The minimum absolute atomic E-state index is 0.511. The Morgan fingerprint density at radius 1 is 1.50 bits per heavy atom. The van der Waals surface area contributed by atoms with Crippen molar-refractivity contribution in [3.05, 3.63) is 24.0 Å². The molecule has 1 heterocycles. The van der Waals surface area contributed by atoms with Crippen molar-refractivity contribution in [1.82, 2.24) is 4.98 Å². The van der Waals surface area contributed by atoms with Crippen molar-refractivity contribution in [2.75, 3.05) is 20.3 Å². The number of methoxy groups -OCH3 is 1. The zero-order valence-electron chi connectivity index (χ0n) is 8.06. The summed E-state index contributed by atoms with van der Waals surface area (Å²) in [7, 11) is 1.64. The van der Waals surface area contributed by atoms with Gasteiger partial charge in [-0.05, 0) is 6.07 Å². The number of rotatable bonds is 5. The molecular weight excluding hydrogens is 180 g/mol. The second-order valence-electron chi connectivity index (χ2n) is 2.68. The molecule has 1 rings (SSSR count). The van der Waals surface area contributed by atoms with Crippen LogP contribution in [0.5, 0.6) is 5.75 Å². The first-order valence-electron chi connectivity index (χ1n) is 4.34. The zero-order chi connectivity index (χ0) is 10.2. The summed E-state index contributed by atoms with van der Waals surface area (Å²) in [5, 5.41) is 8.74. The second-order valence-corrected chi connectivity index (χ2v) is 2.68. The molecule has 0 N–H and O–H groups in total. The SMILES string of the molecule is COCCCOc1cnccc1C#N. The first-order valence-corrected chi connectivity index (χ1v) is 4.34. The highest BCUT2D eigenvalue weighted by atomic mass is 16.5. The highest BCUT2D eigenvalue weighted by Gasteiger charge is 2.01. The Morgan fingerprint density at radius 2 is 2.36 bits per heavy atom. The smallest absolute Gasteiger partial charge is 0.155 e. The van der Waals surface area contributed by atoms with E-state index < -0.39 is 0 Å². The molecule has 0 amide bonds. The summed E-state index contributed by atoms with van der Waals surface area (Å²) >= 11 is 0. The van der Waals surface area contributed by atoms with Gasteiger partial charge in [-0.1, -0.05) is 0 Å². The molecule has 14 heavy (non-hydrogen) atoms. The summed E-state index contributed by atoms with van der Waals surface area (Å²) in [4.78, 5) is 3.88. The maximum atomic E-state index is 8.74. The number of nitriles is 1. The Morgan fingerprint density at radius 3 is 3.07 bits per heavy atom. The maximum absolute atomic E-state index is 8.74. The Hall–Kier alpha value is -1.60. The topological polar surface area (TPSA) is 55.1 Å². The molecule has 4 heteroatoms. The van der Waals surface area contributed by atoms with Crippen LogP contribution in [0.2, 0.25) is 0 Å². The third-order valence-electron chi connectivity index (χ3n) is 1.66. The summed E-state index contributed by atoms with van der Waals surface area (Å²) in [5.41, 5.74) is 0.511. The molecule has 0 radical (unpaired) electrons. The quantitative estimate of drug-likeness (QED) is 0.661. The minimum atomic E-state index is 0.511. The van der Waals surface area contributed by atoms with Gasteiger partial charge in [-0.2, -0.15) is 5.26 Å². The van der Waals surface area contributed by atoms with E-state index in [-0.39, 0.29) is 0 Å². The number of hydrogen-bond acceptors (Lipinski definition) is 4. The molecule has 0 spiro atoms. The molecule has 1 aromatic rings. The van der Waals surface area contributed by atoms with Crippen LogP contribution in [-0.2, 0) is 4.74 Å². The summed E-state index contributed by atoms with van der Waals surface area (Å²) < 4.78 is 10.2. The number of pyridine rings is 1. The van der Waals surface area contributed by atoms with Crippen molar-refractivity contribution < 1.29 is 9.47 Å². The minimum Gasteiger partial charge on any atom is -0.490 e. The van der Waals surface area contributed by atoms with Gasteiger partial charge in [0.2, 0.25) is 0 Å². The van der Waals surface area contributed by atoms with Crippen LogP contribution in [0.4, 0.5) is 0 Å². The molecular formula is C10H12N2O2. The largest absolute Gasteiger partial charge is 0.490 e. The van der Waals surface area contributed by atoms with Gasteiger partial charge in [0.1, 0.15) is 6.07 Å². The first kappa shape index (κ1) is 10.5. The lowest BCUT2D eigenvalue weighted by Gasteiger charge is -2.05. The number of aromatic nitrogens is 1. The lowest BCUT2D eigenvalue weighted by Crippen LogP contribution is -2.02. The molecule has 74 valence electrons. The van der Waals surface area contributed by atoms with Crippen molar-refractivity contribution in [3.63, 3.8) is 0 Å². The highest BCUT2D eigenvalue weighted by molar-refractivity contribution is 5.40. The Bertz CT molecular complexity index is 320. The van der Waals surface area contributed by atoms with Crippen molar-refractivity contribution >= 4 is 0 Å². The number of hydrogen-bond donors (Lipinski definition) is 0. The Balaban J connectivity index is 2.46. The predicted molar refractivity (Wildman–Crippen MR) is 50.9 cm³/mol. The van der Waals surface area contributed by atoms with Gasteiger partial charge in [0.25, 0.3) is 0 Å². The molecule has 0 aliphatic carbocycles. The molecule has 1 aromatic heterocycles. The third kappa shape index (κ3) is 3.04. The average Bonchev–Trinajstić information content (AvgIpc) is 2.25. The second kappa shape index (κ2) is 5.95. The van der Waals surface area contributed by atoms with Gasteiger partial charge in [-0.25, -0.2) is 0 Å². The number of nitrogens with zero attached hydrogens (tertiary/aromatic N) is 2. The van der Waals surface area contributed by atoms with Gasteiger partial charge in [0, 0.05) is 26.3 Å². The van der Waals surface area contributed by atoms with E-state index in [9.17, 15) is 0 Å². The van der Waals surface area contributed by atoms with Gasteiger partial charge >= 0.3 is 0 Å². The molecule has 0 fully saturated rings. The third-order valence-corrected chi connectivity index (χ3v) is 1.66. The fraction of sp³-hybridized carbons (Fsp3) is 0.400. The van der Waals surface area contributed by atoms with E-state index in [1.807, 2.05) is 6.07 Å². The molecule has 0 unspecified atom stereocenters. The van der Waals surface area contributed by atoms with E-state index >= 15 is 0 Å². The van der Waals surface area contributed by atoms with Crippen molar-refractivity contribution in [2.45, 2.75) is 6.42 Å². The fourth-order valence-electron chi connectivity index (χ4n) is 0.973. The van der Waals surface area contributed by atoms with E-state index in [0.29, 0.717) is 24.5 Å². The van der Waals surface area contributed by atoms with Crippen LogP contribution in [-0.4, -0.2) is 25.3 Å². The molecule has 0 atom stereocenters. The normalized spacial score (nSPS) is 9.43. The van der Waals surface area contributed by atoms with Gasteiger partial charge in [-0.15, -0.1) is 0 Å². The molecule has 0 aromatic carbocycles. The van der Waals surface area contributed by atoms with Crippen LogP contribution in [0.25, 0.3) is 0 Å². The van der Waals surface area contributed by atoms with Crippen molar-refractivity contribution in [3.8, 4) is 11.8 Å². The van der Waals surface area contributed by atoms with E-state index in [1.54, 1.807) is 25.6 Å². The van der Waals surface area contributed by atoms with Crippen LogP contribution in [0.1, 0.15) is 12.0 Å². The van der Waals surface area contributed by atoms with Crippen LogP contribution in [0.3, 0.4) is 0 Å². The van der Waals surface area contributed by atoms with Crippen LogP contribution < -0.4 is 4.74 Å². The van der Waals surface area contributed by atoms with Crippen molar-refractivity contribution in [2.24, 2.45) is 0 Å². The van der Waals surface area contributed by atoms with E-state index in [4.69, 9.17) is 14.7 Å². The zero-order valence-corrected chi connectivity index (χ0v) is 8.06. The molecule has 0 aliphatic rings. The number of ether oxygens (including phenoxy) is 2. The summed E-state index contributed by atoms with van der Waals surface area (Å²) in [6.07, 6.45) is 3.92. The van der Waals surface area contributed by atoms with Crippen LogP contribution in [0.15, 0.2) is 18.5 Å². The van der Waals surface area contributed by atoms with Crippen LogP contribution >= 0.6 is 0 Å². The highest BCUT2D eigenvalue weighted by Crippen LogP contribution is 2.14. The monoisotopic (exact) mass is 192 g/mol. The molecule has 0 bridgehead atoms. The van der Waals surface area contributed by atoms with Gasteiger partial charge in [0.15, 0.2) is 5.75 Å². The summed E-state index contributed by atoms with van der Waals surface area (Å²) in [5.74, 6) is 0.533. The predicted octanol–water partition coefficient (Wildman–Crippen LogP) is 1.37. The molecule has 0 aliphatic heterocycles. The molecule has 4 nitrogen and oxygen atoms in total. The van der Waals surface area contributed by atoms with Crippen LogP contribution in [0, 0.1) is 11.3 Å². The van der Waals surface area contributed by atoms with Gasteiger partial charge in [0.05, 0.1) is 18.4 Å². The molecule has 0 saturated carbocycles. The summed E-state index contributed by atoms with van der Waals surface area (Å²) in [6.45, 7) is 1.19.